The largest absolute Gasteiger partial charge is 0.480 e. The van der Waals surface area contributed by atoms with Gasteiger partial charge in [-0.15, -0.1) is 0 Å². The van der Waals surface area contributed by atoms with Gasteiger partial charge in [-0.25, -0.2) is 4.79 Å². The van der Waals surface area contributed by atoms with E-state index in [4.69, 9.17) is 15.2 Å². The monoisotopic (exact) mass is 731 g/mol. The van der Waals surface area contributed by atoms with Crippen molar-refractivity contribution >= 4 is 29.6 Å². The molecular formula is C39H65N5O8. The number of hydrogen-bond acceptors (Lipinski definition) is 8. The minimum Gasteiger partial charge on any atom is -0.480 e. The van der Waals surface area contributed by atoms with Crippen molar-refractivity contribution in [2.45, 2.75) is 135 Å². The fraction of sp³-hybridized carbons (Fsp3) is 0.718. The third-order valence-corrected chi connectivity index (χ3v) is 10.1. The smallest absolute Gasteiger partial charge is 0.326 e. The van der Waals surface area contributed by atoms with Crippen molar-refractivity contribution < 1.29 is 38.6 Å². The lowest BCUT2D eigenvalue weighted by molar-refractivity contribution is -0.147. The van der Waals surface area contributed by atoms with Gasteiger partial charge in [0.25, 0.3) is 0 Å². The number of carbonyl (C=O) groups is 5. The second-order valence-electron chi connectivity index (χ2n) is 14.9. The molecule has 1 saturated carbocycles. The van der Waals surface area contributed by atoms with Gasteiger partial charge >= 0.3 is 5.97 Å². The molecule has 0 radical (unpaired) electrons. The van der Waals surface area contributed by atoms with Crippen LogP contribution in [0.1, 0.15) is 98.0 Å². The first-order valence-electron chi connectivity index (χ1n) is 18.9. The molecule has 5 N–H and O–H groups in total. The van der Waals surface area contributed by atoms with E-state index in [1.165, 1.54) is 13.5 Å². The van der Waals surface area contributed by atoms with E-state index in [9.17, 15) is 29.1 Å². The van der Waals surface area contributed by atoms with E-state index in [1.807, 2.05) is 30.3 Å². The van der Waals surface area contributed by atoms with Crippen LogP contribution in [0.3, 0.4) is 0 Å². The van der Waals surface area contributed by atoms with Gasteiger partial charge in [-0.05, 0) is 51.0 Å². The fourth-order valence-corrected chi connectivity index (χ4v) is 7.29. The van der Waals surface area contributed by atoms with Crippen LogP contribution < -0.4 is 16.4 Å². The Hall–Kier alpha value is -3.55. The summed E-state index contributed by atoms with van der Waals surface area (Å²) in [6.45, 7) is 9.33. The summed E-state index contributed by atoms with van der Waals surface area (Å²) in [6.07, 6.45) is 6.39. The Morgan fingerprint density at radius 2 is 1.62 bits per heavy atom. The van der Waals surface area contributed by atoms with E-state index in [-0.39, 0.29) is 37.1 Å². The van der Waals surface area contributed by atoms with Crippen LogP contribution in [0.2, 0.25) is 0 Å². The molecule has 2 aliphatic rings. The Kier molecular flexibility index (Phi) is 18.7. The molecule has 6 unspecified atom stereocenters. The minimum atomic E-state index is -1.14. The third kappa shape index (κ3) is 13.1. The molecule has 1 aromatic rings. The van der Waals surface area contributed by atoms with Crippen molar-refractivity contribution in [2.24, 2.45) is 17.6 Å². The van der Waals surface area contributed by atoms with E-state index in [2.05, 4.69) is 24.5 Å². The number of aliphatic carboxylic acids is 1. The summed E-state index contributed by atoms with van der Waals surface area (Å²) in [5.74, 6) is -3.14. The van der Waals surface area contributed by atoms with Gasteiger partial charge in [-0.2, -0.15) is 0 Å². The normalized spacial score (nSPS) is 19.2. The van der Waals surface area contributed by atoms with Gasteiger partial charge in [0.2, 0.25) is 23.6 Å². The molecule has 0 bridgehead atoms. The maximum Gasteiger partial charge on any atom is 0.326 e. The quantitative estimate of drug-likeness (QED) is 0.187. The molecule has 2 fully saturated rings. The van der Waals surface area contributed by atoms with E-state index in [0.29, 0.717) is 13.0 Å². The first-order chi connectivity index (χ1) is 24.6. The summed E-state index contributed by atoms with van der Waals surface area (Å²) in [6, 6.07) is 7.17. The van der Waals surface area contributed by atoms with E-state index < -0.39 is 59.6 Å². The molecule has 52 heavy (non-hydrogen) atoms. The van der Waals surface area contributed by atoms with Crippen LogP contribution in [-0.2, 0) is 39.9 Å². The van der Waals surface area contributed by atoms with Crippen LogP contribution in [0.15, 0.2) is 30.3 Å². The van der Waals surface area contributed by atoms with Gasteiger partial charge in [0, 0.05) is 34.2 Å². The highest BCUT2D eigenvalue weighted by Crippen LogP contribution is 2.33. The molecule has 6 atom stereocenters. The SMILES string of the molecule is CCC.COC(CC(=O)N1CCCC1C(OC)C(C)C(=O)NC(Cc1ccccc1)C(=O)O)C(C1CCCCC1)N(C)C(=O)CNC(=O)C(C)(C)N. The zero-order valence-corrected chi connectivity index (χ0v) is 32.7. The number of carboxylic acids is 1. The summed E-state index contributed by atoms with van der Waals surface area (Å²) in [7, 11) is 4.74. The van der Waals surface area contributed by atoms with Gasteiger partial charge < -0.3 is 40.7 Å². The average Bonchev–Trinajstić information content (AvgIpc) is 3.60. The van der Waals surface area contributed by atoms with Crippen molar-refractivity contribution in [1.29, 1.82) is 0 Å². The number of likely N-dealkylation sites (tertiary alicyclic amines) is 1. The van der Waals surface area contributed by atoms with Gasteiger partial charge in [0.1, 0.15) is 6.04 Å². The minimum absolute atomic E-state index is 0.0170. The number of amides is 4. The van der Waals surface area contributed by atoms with Crippen molar-refractivity contribution in [2.75, 3.05) is 34.4 Å². The Bertz CT molecular complexity index is 1280. The van der Waals surface area contributed by atoms with Crippen molar-refractivity contribution in [3.63, 3.8) is 0 Å². The zero-order chi connectivity index (χ0) is 39.0. The van der Waals surface area contributed by atoms with Crippen LogP contribution in [0.25, 0.3) is 0 Å². The van der Waals surface area contributed by atoms with Crippen molar-refractivity contribution in [1.82, 2.24) is 20.4 Å². The van der Waals surface area contributed by atoms with E-state index >= 15 is 0 Å². The second kappa shape index (κ2) is 21.9. The molecule has 3 rings (SSSR count). The van der Waals surface area contributed by atoms with Gasteiger partial charge in [-0.1, -0.05) is 76.8 Å². The highest BCUT2D eigenvalue weighted by Gasteiger charge is 2.43. The molecule has 0 aromatic heterocycles. The Morgan fingerprint density at radius 3 is 2.15 bits per heavy atom. The number of hydrogen-bond donors (Lipinski definition) is 4. The van der Waals surface area contributed by atoms with Gasteiger partial charge in [0.05, 0.1) is 48.7 Å². The number of carbonyl (C=O) groups excluding carboxylic acids is 4. The van der Waals surface area contributed by atoms with Gasteiger partial charge in [-0.3, -0.25) is 19.2 Å². The van der Waals surface area contributed by atoms with E-state index in [1.54, 1.807) is 44.7 Å². The average molecular weight is 732 g/mol. The predicted molar refractivity (Wildman–Crippen MR) is 200 cm³/mol. The van der Waals surface area contributed by atoms with Crippen molar-refractivity contribution in [3.8, 4) is 0 Å². The molecule has 0 spiro atoms. The van der Waals surface area contributed by atoms with Crippen LogP contribution in [0.4, 0.5) is 0 Å². The third-order valence-electron chi connectivity index (χ3n) is 10.1. The number of nitrogens with zero attached hydrogens (tertiary/aromatic N) is 2. The predicted octanol–water partition coefficient (Wildman–Crippen LogP) is 3.52. The molecule has 294 valence electrons. The maximum atomic E-state index is 14.1. The Balaban J connectivity index is 0.00000301. The molecule has 1 aliphatic carbocycles. The van der Waals surface area contributed by atoms with Gasteiger partial charge in [0.15, 0.2) is 0 Å². The molecule has 4 amide bonds. The lowest BCUT2D eigenvalue weighted by Gasteiger charge is -2.41. The lowest BCUT2D eigenvalue weighted by atomic mass is 9.80. The summed E-state index contributed by atoms with van der Waals surface area (Å²) >= 11 is 0. The highest BCUT2D eigenvalue weighted by molar-refractivity contribution is 5.89. The van der Waals surface area contributed by atoms with Crippen LogP contribution in [0, 0.1) is 11.8 Å². The standard InChI is InChI=1S/C36H57N5O8.C3H8/c1-23(33(44)39-26(34(45)46)20-24-14-9-7-10-15-24)32(49-6)27-18-13-19-41(27)29(42)21-28(48-5)31(25-16-11-8-12-17-25)40(4)30(43)22-38-35(47)36(2,3)37;1-3-2/h7,9-10,14-15,23,25-28,31-32H,8,11-13,16-22,37H2,1-6H3,(H,38,47)(H,39,44)(H,45,46);3H2,1-2H3. The van der Waals surface area contributed by atoms with Crippen LogP contribution >= 0.6 is 0 Å². The molecule has 1 aliphatic heterocycles. The first-order valence-corrected chi connectivity index (χ1v) is 18.9. The second-order valence-corrected chi connectivity index (χ2v) is 14.9. The number of nitrogens with two attached hydrogens (primary N) is 1. The molecule has 1 saturated heterocycles. The molecule has 1 heterocycles. The molecule has 13 heteroatoms. The lowest BCUT2D eigenvalue weighted by Crippen LogP contribution is -2.56. The highest BCUT2D eigenvalue weighted by atomic mass is 16.5. The molecule has 1 aromatic carbocycles. The van der Waals surface area contributed by atoms with Crippen LogP contribution in [0.5, 0.6) is 0 Å². The summed E-state index contributed by atoms with van der Waals surface area (Å²) < 4.78 is 11.8. The fourth-order valence-electron chi connectivity index (χ4n) is 7.29. The number of rotatable bonds is 17. The number of nitrogens with one attached hydrogen (secondary N) is 2. The number of carboxylic acid groups (broad SMARTS) is 1. The number of ether oxygens (including phenoxy) is 2. The number of likely N-dealkylation sites (N-methyl/N-ethyl adjacent to an activating group) is 1. The first kappa shape index (κ1) is 44.6. The number of benzene rings is 1. The topological polar surface area (TPSA) is 181 Å². The molecule has 13 nitrogen and oxygen atoms in total. The Labute approximate surface area is 310 Å². The summed E-state index contributed by atoms with van der Waals surface area (Å²) in [4.78, 5) is 68.6. The van der Waals surface area contributed by atoms with Crippen LogP contribution in [-0.4, -0.2) is 115 Å². The number of methoxy groups -OCH3 is 2. The summed E-state index contributed by atoms with van der Waals surface area (Å²) in [5, 5.41) is 15.1. The summed E-state index contributed by atoms with van der Waals surface area (Å²) in [5.41, 5.74) is 5.54. The maximum absolute atomic E-state index is 14.1. The van der Waals surface area contributed by atoms with E-state index in [0.717, 1.165) is 44.1 Å². The zero-order valence-electron chi connectivity index (χ0n) is 32.7. The molecular weight excluding hydrogens is 666 g/mol. The van der Waals surface area contributed by atoms with Crippen molar-refractivity contribution in [3.05, 3.63) is 35.9 Å². The Morgan fingerprint density at radius 1 is 1.00 bits per heavy atom.